The summed E-state index contributed by atoms with van der Waals surface area (Å²) in [5, 5.41) is 0. The molecule has 0 spiro atoms. The second-order valence-electron chi connectivity index (χ2n) is 4.26. The Hall–Kier alpha value is -1.53. The second kappa shape index (κ2) is 6.58. The topological polar surface area (TPSA) is 38.8 Å². The van der Waals surface area contributed by atoms with E-state index in [0.717, 1.165) is 6.07 Å². The highest BCUT2D eigenvalue weighted by Gasteiger charge is 2.16. The van der Waals surface area contributed by atoms with E-state index in [2.05, 4.69) is 0 Å². The van der Waals surface area contributed by atoms with Gasteiger partial charge in [0.15, 0.2) is 11.6 Å². The molecular weight excluding hydrogens is 256 g/mol. The van der Waals surface area contributed by atoms with E-state index in [-0.39, 0.29) is 18.7 Å². The maximum absolute atomic E-state index is 13.3. The Bertz CT molecular complexity index is 448. The van der Waals surface area contributed by atoms with Crippen LogP contribution in [0.2, 0.25) is 0 Å². The van der Waals surface area contributed by atoms with Crippen LogP contribution in [-0.2, 0) is 20.9 Å². The van der Waals surface area contributed by atoms with Crippen LogP contribution < -0.4 is 0 Å². The van der Waals surface area contributed by atoms with E-state index in [1.54, 1.807) is 0 Å². The van der Waals surface area contributed by atoms with Crippen molar-refractivity contribution in [2.75, 3.05) is 32.8 Å². The summed E-state index contributed by atoms with van der Waals surface area (Å²) in [7, 11) is 0. The molecule has 1 saturated heterocycles. The standard InChI is InChI=1S/C13H15F2NO3/c14-11-3-1-2-10(13(11)15)9-19-12(17)8-16-4-6-18-7-5-16/h1-3H,4-9H2. The third-order valence-corrected chi connectivity index (χ3v) is 2.88. The summed E-state index contributed by atoms with van der Waals surface area (Å²) < 4.78 is 36.3. The molecule has 1 aliphatic heterocycles. The fourth-order valence-corrected chi connectivity index (χ4v) is 1.81. The Labute approximate surface area is 109 Å². The van der Waals surface area contributed by atoms with Crippen molar-refractivity contribution in [1.29, 1.82) is 0 Å². The summed E-state index contributed by atoms with van der Waals surface area (Å²) in [5.41, 5.74) is 0.0373. The molecule has 0 amide bonds. The summed E-state index contributed by atoms with van der Waals surface area (Å²) in [4.78, 5) is 13.5. The molecule has 6 heteroatoms. The number of ether oxygens (including phenoxy) is 2. The van der Waals surface area contributed by atoms with E-state index < -0.39 is 17.6 Å². The largest absolute Gasteiger partial charge is 0.460 e. The van der Waals surface area contributed by atoms with Crippen molar-refractivity contribution in [3.8, 4) is 0 Å². The first kappa shape index (κ1) is 13.9. The predicted molar refractivity (Wildman–Crippen MR) is 63.4 cm³/mol. The number of nitrogens with zero attached hydrogens (tertiary/aromatic N) is 1. The summed E-state index contributed by atoms with van der Waals surface area (Å²) >= 11 is 0. The molecule has 1 fully saturated rings. The fraction of sp³-hybridized carbons (Fsp3) is 0.462. The number of hydrogen-bond acceptors (Lipinski definition) is 4. The van der Waals surface area contributed by atoms with Crippen molar-refractivity contribution in [2.24, 2.45) is 0 Å². The van der Waals surface area contributed by atoms with Gasteiger partial charge in [0.1, 0.15) is 6.61 Å². The predicted octanol–water partition coefficient (Wildman–Crippen LogP) is 1.34. The first-order chi connectivity index (χ1) is 9.16. The molecule has 0 radical (unpaired) electrons. The van der Waals surface area contributed by atoms with Gasteiger partial charge >= 0.3 is 5.97 Å². The molecule has 1 heterocycles. The lowest BCUT2D eigenvalue weighted by molar-refractivity contribution is -0.147. The SMILES string of the molecule is O=C(CN1CCOCC1)OCc1cccc(F)c1F. The Morgan fingerprint density at radius 1 is 1.32 bits per heavy atom. The van der Waals surface area contributed by atoms with Crippen molar-refractivity contribution >= 4 is 5.97 Å². The van der Waals surface area contributed by atoms with E-state index in [1.807, 2.05) is 4.90 Å². The molecule has 0 bridgehead atoms. The van der Waals surface area contributed by atoms with E-state index in [9.17, 15) is 13.6 Å². The summed E-state index contributed by atoms with van der Waals surface area (Å²) in [5.74, 6) is -2.37. The lowest BCUT2D eigenvalue weighted by atomic mass is 10.2. The van der Waals surface area contributed by atoms with E-state index >= 15 is 0 Å². The molecular formula is C13H15F2NO3. The molecule has 2 rings (SSSR count). The van der Waals surface area contributed by atoms with Gasteiger partial charge in [-0.1, -0.05) is 12.1 Å². The smallest absolute Gasteiger partial charge is 0.320 e. The van der Waals surface area contributed by atoms with Crippen LogP contribution in [0.3, 0.4) is 0 Å². The molecule has 0 atom stereocenters. The molecule has 1 aliphatic rings. The monoisotopic (exact) mass is 271 g/mol. The van der Waals surface area contributed by atoms with Crippen molar-refractivity contribution in [1.82, 2.24) is 4.90 Å². The Kier molecular flexibility index (Phi) is 4.81. The average molecular weight is 271 g/mol. The summed E-state index contributed by atoms with van der Waals surface area (Å²) in [6.07, 6.45) is 0. The second-order valence-corrected chi connectivity index (χ2v) is 4.26. The van der Waals surface area contributed by atoms with Gasteiger partial charge in [-0.3, -0.25) is 9.69 Å². The molecule has 0 N–H and O–H groups in total. The van der Waals surface area contributed by atoms with Crippen LogP contribution in [0.5, 0.6) is 0 Å². The van der Waals surface area contributed by atoms with E-state index in [0.29, 0.717) is 26.3 Å². The van der Waals surface area contributed by atoms with Gasteiger partial charge in [0.05, 0.1) is 19.8 Å². The molecule has 1 aromatic carbocycles. The third-order valence-electron chi connectivity index (χ3n) is 2.88. The van der Waals surface area contributed by atoms with Crippen molar-refractivity contribution < 1.29 is 23.0 Å². The Morgan fingerprint density at radius 2 is 2.05 bits per heavy atom. The van der Waals surface area contributed by atoms with Crippen LogP contribution in [0.1, 0.15) is 5.56 Å². The number of rotatable bonds is 4. The normalized spacial score (nSPS) is 16.3. The zero-order valence-corrected chi connectivity index (χ0v) is 10.4. The average Bonchev–Trinajstić information content (AvgIpc) is 2.42. The van der Waals surface area contributed by atoms with Gasteiger partial charge in [-0.2, -0.15) is 0 Å². The number of hydrogen-bond donors (Lipinski definition) is 0. The first-order valence-electron chi connectivity index (χ1n) is 6.05. The molecule has 104 valence electrons. The van der Waals surface area contributed by atoms with Gasteiger partial charge in [-0.25, -0.2) is 8.78 Å². The number of carbonyl (C=O) groups excluding carboxylic acids is 1. The maximum atomic E-state index is 13.3. The minimum atomic E-state index is -0.971. The number of carbonyl (C=O) groups is 1. The highest BCUT2D eigenvalue weighted by Crippen LogP contribution is 2.12. The van der Waals surface area contributed by atoms with E-state index in [4.69, 9.17) is 9.47 Å². The van der Waals surface area contributed by atoms with Crippen LogP contribution in [0, 0.1) is 11.6 Å². The van der Waals surface area contributed by atoms with Gasteiger partial charge in [-0.05, 0) is 6.07 Å². The molecule has 0 aromatic heterocycles. The van der Waals surface area contributed by atoms with E-state index in [1.165, 1.54) is 12.1 Å². The molecule has 0 unspecified atom stereocenters. The number of halogens is 2. The van der Waals surface area contributed by atoms with Crippen LogP contribution in [0.15, 0.2) is 18.2 Å². The van der Waals surface area contributed by atoms with Gasteiger partial charge < -0.3 is 9.47 Å². The van der Waals surface area contributed by atoms with Crippen molar-refractivity contribution in [3.05, 3.63) is 35.4 Å². The van der Waals surface area contributed by atoms with Gasteiger partial charge in [0.25, 0.3) is 0 Å². The number of morpholine rings is 1. The van der Waals surface area contributed by atoms with Crippen LogP contribution >= 0.6 is 0 Å². The highest BCUT2D eigenvalue weighted by atomic mass is 19.2. The minimum Gasteiger partial charge on any atom is -0.460 e. The quantitative estimate of drug-likeness (QED) is 0.775. The van der Waals surface area contributed by atoms with Crippen LogP contribution in [-0.4, -0.2) is 43.7 Å². The molecule has 4 nitrogen and oxygen atoms in total. The minimum absolute atomic E-state index is 0.0373. The Morgan fingerprint density at radius 3 is 2.79 bits per heavy atom. The van der Waals surface area contributed by atoms with Gasteiger partial charge in [0, 0.05) is 18.7 Å². The van der Waals surface area contributed by atoms with Crippen LogP contribution in [0.25, 0.3) is 0 Å². The van der Waals surface area contributed by atoms with Gasteiger partial charge in [0.2, 0.25) is 0 Å². The Balaban J connectivity index is 1.81. The zero-order valence-electron chi connectivity index (χ0n) is 10.4. The highest BCUT2D eigenvalue weighted by molar-refractivity contribution is 5.71. The molecule has 1 aromatic rings. The first-order valence-corrected chi connectivity index (χ1v) is 6.05. The number of benzene rings is 1. The van der Waals surface area contributed by atoms with Crippen LogP contribution in [0.4, 0.5) is 8.78 Å². The molecule has 19 heavy (non-hydrogen) atoms. The maximum Gasteiger partial charge on any atom is 0.320 e. The molecule has 0 aliphatic carbocycles. The lowest BCUT2D eigenvalue weighted by Crippen LogP contribution is -2.40. The summed E-state index contributed by atoms with van der Waals surface area (Å²) in [6.45, 7) is 2.40. The number of esters is 1. The summed E-state index contributed by atoms with van der Waals surface area (Å²) in [6, 6.07) is 3.79. The third kappa shape index (κ3) is 3.97. The zero-order chi connectivity index (χ0) is 13.7. The van der Waals surface area contributed by atoms with Crippen molar-refractivity contribution in [2.45, 2.75) is 6.61 Å². The lowest BCUT2D eigenvalue weighted by Gasteiger charge is -2.25. The van der Waals surface area contributed by atoms with Crippen molar-refractivity contribution in [3.63, 3.8) is 0 Å². The van der Waals surface area contributed by atoms with Gasteiger partial charge in [-0.15, -0.1) is 0 Å². The molecule has 0 saturated carbocycles. The fourth-order valence-electron chi connectivity index (χ4n) is 1.81.